The van der Waals surface area contributed by atoms with Crippen LogP contribution in [0.4, 0.5) is 0 Å². The molecule has 1 aromatic heterocycles. The summed E-state index contributed by atoms with van der Waals surface area (Å²) in [6.45, 7) is 9.28. The van der Waals surface area contributed by atoms with Gasteiger partial charge >= 0.3 is 11.9 Å². The topological polar surface area (TPSA) is 363 Å². The first-order chi connectivity index (χ1) is 34.8. The molecule has 0 bridgehead atoms. The molecule has 1 heterocycles. The Morgan fingerprint density at radius 2 is 1.04 bits per heavy atom. The Bertz CT molecular complexity index is 2020. The van der Waals surface area contributed by atoms with Crippen molar-refractivity contribution in [1.82, 2.24) is 41.9 Å². The summed E-state index contributed by atoms with van der Waals surface area (Å²) < 4.78 is 65.6. The molecule has 0 aliphatic carbocycles. The molecule has 0 aliphatic heterocycles. The van der Waals surface area contributed by atoms with Gasteiger partial charge in [-0.1, -0.05) is 11.8 Å². The van der Waals surface area contributed by atoms with Crippen LogP contribution in [0.3, 0.4) is 0 Å². The van der Waals surface area contributed by atoms with E-state index in [1.807, 2.05) is 0 Å². The number of unbranched alkanes of at least 4 members (excludes halogenated alkanes) is 1. The van der Waals surface area contributed by atoms with Crippen LogP contribution in [-0.2, 0) is 86.1 Å². The lowest BCUT2D eigenvalue weighted by Crippen LogP contribution is -2.54. The summed E-state index contributed by atoms with van der Waals surface area (Å²) in [6.07, 6.45) is 3.58. The number of ether oxygens (including phenoxy) is 8. The first-order valence-corrected chi connectivity index (χ1v) is 25.3. The minimum Gasteiger partial charge on any atom is -0.481 e. The molecular formula is C45H72N8O19S. The number of carbonyl (C=O) groups excluding carboxylic acids is 7. The van der Waals surface area contributed by atoms with Crippen molar-refractivity contribution in [2.45, 2.75) is 95.5 Å². The van der Waals surface area contributed by atoms with Gasteiger partial charge in [0.25, 0.3) is 0 Å². The van der Waals surface area contributed by atoms with Crippen molar-refractivity contribution >= 4 is 57.2 Å². The van der Waals surface area contributed by atoms with Gasteiger partial charge in [0.1, 0.15) is 24.2 Å². The highest BCUT2D eigenvalue weighted by Gasteiger charge is 2.26. The number of nitrogens with zero attached hydrogens (tertiary/aromatic N) is 2. The van der Waals surface area contributed by atoms with Crippen molar-refractivity contribution in [2.24, 2.45) is 0 Å². The molecule has 0 saturated heterocycles. The monoisotopic (exact) mass is 1060 g/mol. The molecular weight excluding hydrogens is 989 g/mol. The molecule has 0 radical (unpaired) electrons. The van der Waals surface area contributed by atoms with Crippen molar-refractivity contribution in [3.05, 3.63) is 18.0 Å². The smallest absolute Gasteiger partial charge is 0.305 e. The van der Waals surface area contributed by atoms with Crippen molar-refractivity contribution in [3.63, 3.8) is 0 Å². The van der Waals surface area contributed by atoms with E-state index in [4.69, 9.17) is 38.3 Å². The maximum absolute atomic E-state index is 13.2. The number of carboxylic acids is 1. The normalized spacial score (nSPS) is 12.7. The predicted molar refractivity (Wildman–Crippen MR) is 256 cm³/mol. The molecule has 28 heteroatoms. The average molecular weight is 1060 g/mol. The van der Waals surface area contributed by atoms with Crippen LogP contribution in [0, 0.1) is 11.8 Å². The number of carbonyl (C=O) groups is 8. The first kappa shape index (κ1) is 65.1. The second-order valence-electron chi connectivity index (χ2n) is 15.6. The van der Waals surface area contributed by atoms with Crippen LogP contribution in [0.15, 0.2) is 17.6 Å². The lowest BCUT2D eigenvalue weighted by atomic mass is 10.1. The SMILES string of the molecule is CC(=O)OCNC(=O)[C@H](C)NC(=O)[C@H](C)NC(=O)[C@H](C)NC(=O)CC[C@H](NC(=O)CCCC#Cc1cnc(S(C)(=O)=O)nc1)C(=O)NCCOCCOCCOCCOCCOCCOCCOCCC(=O)O. The quantitative estimate of drug-likeness (QED) is 0.0117. The van der Waals surface area contributed by atoms with E-state index in [0.29, 0.717) is 78.1 Å². The van der Waals surface area contributed by atoms with Crippen LogP contribution in [0.1, 0.15) is 71.8 Å². The highest BCUT2D eigenvalue weighted by molar-refractivity contribution is 7.90. The van der Waals surface area contributed by atoms with Gasteiger partial charge < -0.3 is 74.9 Å². The van der Waals surface area contributed by atoms with Crippen LogP contribution in [0.5, 0.6) is 0 Å². The van der Waals surface area contributed by atoms with Gasteiger partial charge in [-0.2, -0.15) is 0 Å². The summed E-state index contributed by atoms with van der Waals surface area (Å²) >= 11 is 0. The maximum atomic E-state index is 13.2. The number of hydrogen-bond donors (Lipinski definition) is 7. The summed E-state index contributed by atoms with van der Waals surface area (Å²) in [5.41, 5.74) is 0.377. The average Bonchev–Trinajstić information content (AvgIpc) is 3.33. The van der Waals surface area contributed by atoms with Crippen LogP contribution < -0.4 is 31.9 Å². The zero-order chi connectivity index (χ0) is 54.3. The van der Waals surface area contributed by atoms with E-state index in [9.17, 15) is 46.8 Å². The zero-order valence-corrected chi connectivity index (χ0v) is 42.9. The van der Waals surface area contributed by atoms with Gasteiger partial charge in [-0.15, -0.1) is 0 Å². The predicted octanol–water partition coefficient (Wildman–Crippen LogP) is -2.48. The Morgan fingerprint density at radius 1 is 0.589 bits per heavy atom. The van der Waals surface area contributed by atoms with Crippen molar-refractivity contribution < 1.29 is 89.8 Å². The molecule has 0 saturated carbocycles. The molecule has 1 rings (SSSR count). The largest absolute Gasteiger partial charge is 0.481 e. The standard InChI is InChI=1S/C45H72N8O19S/c1-32(41(59)49-31-72-35(4)54)51-43(61)34(3)52-42(60)33(2)50-39(56)12-11-37(53-38(55)10-8-6-7-9-36-29-47-45(48-30-36)73(5,63)64)44(62)46-14-16-66-18-20-68-22-24-70-26-28-71-27-25-69-23-21-67-19-17-65-15-13-40(57)58/h29-30,32-34,37H,6,8,10-28,31H2,1-5H3,(H,46,62)(H,49,59)(H,50,56)(H,51,61)(H,52,60)(H,53,55)(H,57,58)/t32-,33-,34-,37-/m0/s1. The summed E-state index contributed by atoms with van der Waals surface area (Å²) in [4.78, 5) is 106. The second kappa shape index (κ2) is 39.6. The van der Waals surface area contributed by atoms with E-state index in [1.165, 1.54) is 33.2 Å². The molecule has 27 nitrogen and oxygen atoms in total. The number of hydrogen-bond acceptors (Lipinski definition) is 20. The second-order valence-corrected chi connectivity index (χ2v) is 17.5. The van der Waals surface area contributed by atoms with E-state index < -0.39 is 81.4 Å². The zero-order valence-electron chi connectivity index (χ0n) is 42.1. The number of aliphatic carboxylic acids is 1. The van der Waals surface area contributed by atoms with E-state index in [0.717, 1.165) is 13.2 Å². The molecule has 1 aromatic rings. The van der Waals surface area contributed by atoms with Crippen LogP contribution in [-0.4, -0.2) is 207 Å². The van der Waals surface area contributed by atoms with Crippen molar-refractivity contribution in [1.29, 1.82) is 0 Å². The molecule has 4 atom stereocenters. The number of rotatable bonds is 41. The van der Waals surface area contributed by atoms with Gasteiger partial charge in [0.05, 0.1) is 104 Å². The summed E-state index contributed by atoms with van der Waals surface area (Å²) in [5.74, 6) is 0.346. The number of nitrogens with one attached hydrogen (secondary N) is 6. The summed E-state index contributed by atoms with van der Waals surface area (Å²) in [6, 6.07) is -4.42. The van der Waals surface area contributed by atoms with E-state index >= 15 is 0 Å². The van der Waals surface area contributed by atoms with Gasteiger partial charge in [-0.05, 0) is 33.6 Å². The highest BCUT2D eigenvalue weighted by atomic mass is 32.2. The lowest BCUT2D eigenvalue weighted by Gasteiger charge is -2.21. The molecule has 0 aliphatic rings. The van der Waals surface area contributed by atoms with Gasteiger partial charge in [0, 0.05) is 51.4 Å². The molecule has 7 N–H and O–H groups in total. The third-order valence-corrected chi connectivity index (χ3v) is 10.1. The Morgan fingerprint density at radius 3 is 1.52 bits per heavy atom. The van der Waals surface area contributed by atoms with Crippen molar-refractivity contribution in [3.8, 4) is 11.8 Å². The fourth-order valence-electron chi connectivity index (χ4n) is 5.38. The van der Waals surface area contributed by atoms with Crippen molar-refractivity contribution in [2.75, 3.05) is 112 Å². The minimum atomic E-state index is -3.57. The maximum Gasteiger partial charge on any atom is 0.305 e. The fourth-order valence-corrected chi connectivity index (χ4v) is 5.87. The van der Waals surface area contributed by atoms with Gasteiger partial charge in [0.15, 0.2) is 6.73 Å². The van der Waals surface area contributed by atoms with Gasteiger partial charge in [-0.25, -0.2) is 18.4 Å². The third-order valence-electron chi connectivity index (χ3n) is 9.24. The molecule has 73 heavy (non-hydrogen) atoms. The molecule has 6 amide bonds. The number of esters is 1. The lowest BCUT2D eigenvalue weighted by molar-refractivity contribution is -0.143. The third kappa shape index (κ3) is 35.0. The molecule has 412 valence electrons. The molecule has 0 unspecified atom stereocenters. The van der Waals surface area contributed by atoms with E-state index in [2.05, 4.69) is 58.4 Å². The number of carboxylic acid groups (broad SMARTS) is 1. The summed E-state index contributed by atoms with van der Waals surface area (Å²) in [5, 5.41) is 23.2. The fraction of sp³-hybridized carbons (Fsp3) is 0.689. The number of amides is 6. The molecule has 0 aromatic carbocycles. The van der Waals surface area contributed by atoms with Crippen LogP contribution >= 0.6 is 0 Å². The first-order valence-electron chi connectivity index (χ1n) is 23.4. The number of sulfone groups is 1. The van der Waals surface area contributed by atoms with E-state index in [-0.39, 0.29) is 77.0 Å². The summed E-state index contributed by atoms with van der Waals surface area (Å²) in [7, 11) is -3.57. The van der Waals surface area contributed by atoms with E-state index in [1.54, 1.807) is 0 Å². The van der Waals surface area contributed by atoms with Gasteiger partial charge in [0.2, 0.25) is 50.4 Å². The number of aromatic nitrogens is 2. The molecule has 0 fully saturated rings. The Hall–Kier alpha value is -5.93. The Kier molecular flexibility index (Phi) is 35.3. The highest BCUT2D eigenvalue weighted by Crippen LogP contribution is 2.04. The Balaban J connectivity index is 2.48. The molecule has 0 spiro atoms. The Labute approximate surface area is 425 Å². The van der Waals surface area contributed by atoms with Gasteiger partial charge in [-0.3, -0.25) is 38.4 Å². The minimum absolute atomic E-state index is 0.0245. The van der Waals surface area contributed by atoms with Crippen LogP contribution in [0.2, 0.25) is 0 Å². The van der Waals surface area contributed by atoms with Crippen LogP contribution in [0.25, 0.3) is 0 Å².